The number of hydrogen-bond donors (Lipinski definition) is 2. The maximum absolute atomic E-state index is 11.4. The van der Waals surface area contributed by atoms with E-state index in [2.05, 4.69) is 10.2 Å². The fourth-order valence-electron chi connectivity index (χ4n) is 2.31. The first-order chi connectivity index (χ1) is 8.09. The van der Waals surface area contributed by atoms with Crippen LogP contribution in [0.2, 0.25) is 0 Å². The van der Waals surface area contributed by atoms with Gasteiger partial charge in [-0.15, -0.1) is 0 Å². The lowest BCUT2D eigenvalue weighted by molar-refractivity contribution is 0.100. The average Bonchev–Trinajstić information content (AvgIpc) is 2.80. The molecule has 0 aromatic heterocycles. The molecule has 1 aromatic carbocycles. The van der Waals surface area contributed by atoms with Crippen molar-refractivity contribution in [3.63, 3.8) is 0 Å². The summed E-state index contributed by atoms with van der Waals surface area (Å²) in [6.07, 6.45) is 1.10. The summed E-state index contributed by atoms with van der Waals surface area (Å²) < 4.78 is 0. The summed E-state index contributed by atoms with van der Waals surface area (Å²) in [6.45, 7) is 4.02. The van der Waals surface area contributed by atoms with Crippen LogP contribution in [-0.4, -0.2) is 32.1 Å². The lowest BCUT2D eigenvalue weighted by atomic mass is 10.1. The zero-order chi connectivity index (χ0) is 12.4. The number of aryl methyl sites for hydroxylation is 1. The van der Waals surface area contributed by atoms with Crippen molar-refractivity contribution >= 4 is 11.6 Å². The maximum atomic E-state index is 11.4. The molecule has 1 amide bonds. The minimum absolute atomic E-state index is 0.363. The van der Waals surface area contributed by atoms with Crippen LogP contribution in [0.1, 0.15) is 22.3 Å². The first-order valence-electron chi connectivity index (χ1n) is 5.93. The summed E-state index contributed by atoms with van der Waals surface area (Å²) in [7, 11) is 2.03. The average molecular weight is 233 g/mol. The molecule has 1 aromatic rings. The van der Waals surface area contributed by atoms with Gasteiger partial charge in [0.25, 0.3) is 5.91 Å². The van der Waals surface area contributed by atoms with Crippen molar-refractivity contribution in [2.75, 3.05) is 25.0 Å². The van der Waals surface area contributed by atoms with Gasteiger partial charge in [0, 0.05) is 25.3 Å². The molecule has 1 unspecified atom stereocenters. The topological polar surface area (TPSA) is 58.4 Å². The Bertz CT molecular complexity index is 425. The molecule has 1 fully saturated rings. The van der Waals surface area contributed by atoms with Gasteiger partial charge in [0.05, 0.1) is 5.56 Å². The van der Waals surface area contributed by atoms with Crippen LogP contribution in [0.5, 0.6) is 0 Å². The summed E-state index contributed by atoms with van der Waals surface area (Å²) in [5.41, 5.74) is 8.10. The number of amides is 1. The third-order valence-electron chi connectivity index (χ3n) is 3.38. The molecule has 0 spiro atoms. The zero-order valence-corrected chi connectivity index (χ0v) is 10.4. The Labute approximate surface area is 102 Å². The number of benzene rings is 1. The molecule has 1 aliphatic heterocycles. The minimum atomic E-state index is -0.363. The molecule has 2 rings (SSSR count). The fraction of sp³-hybridized carbons (Fsp3) is 0.462. The predicted molar refractivity (Wildman–Crippen MR) is 69.4 cm³/mol. The Hall–Kier alpha value is -1.55. The molecule has 1 aliphatic rings. The second-order valence-corrected chi connectivity index (χ2v) is 4.64. The number of nitrogens with one attached hydrogen (secondary N) is 1. The van der Waals surface area contributed by atoms with E-state index < -0.39 is 0 Å². The van der Waals surface area contributed by atoms with E-state index in [1.807, 2.05) is 32.2 Å². The van der Waals surface area contributed by atoms with Crippen molar-refractivity contribution in [2.24, 2.45) is 5.73 Å². The lowest BCUT2D eigenvalue weighted by Gasteiger charge is -2.27. The lowest BCUT2D eigenvalue weighted by Crippen LogP contribution is -2.34. The van der Waals surface area contributed by atoms with E-state index >= 15 is 0 Å². The largest absolute Gasteiger partial charge is 0.370 e. The molecule has 0 saturated carbocycles. The molecule has 0 radical (unpaired) electrons. The van der Waals surface area contributed by atoms with Gasteiger partial charge in [0.1, 0.15) is 0 Å². The van der Waals surface area contributed by atoms with Crippen molar-refractivity contribution in [3.05, 3.63) is 29.3 Å². The van der Waals surface area contributed by atoms with Crippen molar-refractivity contribution in [1.29, 1.82) is 0 Å². The highest BCUT2D eigenvalue weighted by Crippen LogP contribution is 2.24. The van der Waals surface area contributed by atoms with Crippen LogP contribution in [0, 0.1) is 6.92 Å². The molecule has 1 saturated heterocycles. The van der Waals surface area contributed by atoms with Gasteiger partial charge in [-0.25, -0.2) is 0 Å². The SMILES string of the molecule is Cc1ccc(C(N)=O)c(N(C)C2CCNC2)c1. The predicted octanol–water partition coefficient (Wildman–Crippen LogP) is 0.892. The standard InChI is InChI=1S/C13H19N3O/c1-9-3-4-11(13(14)17)12(7-9)16(2)10-5-6-15-8-10/h3-4,7,10,15H,5-6,8H2,1-2H3,(H2,14,17). The highest BCUT2D eigenvalue weighted by Gasteiger charge is 2.22. The smallest absolute Gasteiger partial charge is 0.250 e. The molecule has 0 bridgehead atoms. The number of carbonyl (C=O) groups is 1. The van der Waals surface area contributed by atoms with E-state index in [0.717, 1.165) is 30.8 Å². The van der Waals surface area contributed by atoms with Crippen molar-refractivity contribution < 1.29 is 4.79 Å². The minimum Gasteiger partial charge on any atom is -0.370 e. The quantitative estimate of drug-likeness (QED) is 0.815. The molecule has 92 valence electrons. The number of nitrogens with two attached hydrogens (primary N) is 1. The van der Waals surface area contributed by atoms with Gasteiger partial charge in [0.15, 0.2) is 0 Å². The number of rotatable bonds is 3. The molecule has 4 heteroatoms. The number of likely N-dealkylation sites (N-methyl/N-ethyl adjacent to an activating group) is 1. The number of hydrogen-bond acceptors (Lipinski definition) is 3. The second-order valence-electron chi connectivity index (χ2n) is 4.64. The van der Waals surface area contributed by atoms with Crippen LogP contribution in [0.25, 0.3) is 0 Å². The first-order valence-corrected chi connectivity index (χ1v) is 5.93. The van der Waals surface area contributed by atoms with Crippen LogP contribution in [0.4, 0.5) is 5.69 Å². The van der Waals surface area contributed by atoms with Gasteiger partial charge >= 0.3 is 0 Å². The van der Waals surface area contributed by atoms with E-state index in [4.69, 9.17) is 5.73 Å². The molecular weight excluding hydrogens is 214 g/mol. The molecular formula is C13H19N3O. The van der Waals surface area contributed by atoms with Crippen molar-refractivity contribution in [1.82, 2.24) is 5.32 Å². The van der Waals surface area contributed by atoms with E-state index in [1.165, 1.54) is 0 Å². The van der Waals surface area contributed by atoms with E-state index in [9.17, 15) is 4.79 Å². The number of anilines is 1. The van der Waals surface area contributed by atoms with Gasteiger partial charge < -0.3 is 16.0 Å². The van der Waals surface area contributed by atoms with E-state index in [1.54, 1.807) is 0 Å². The molecule has 4 nitrogen and oxygen atoms in total. The third-order valence-corrected chi connectivity index (χ3v) is 3.38. The Morgan fingerprint density at radius 2 is 2.29 bits per heavy atom. The number of primary amides is 1. The molecule has 1 heterocycles. The van der Waals surface area contributed by atoms with E-state index in [-0.39, 0.29) is 5.91 Å². The van der Waals surface area contributed by atoms with Gasteiger partial charge in [0.2, 0.25) is 0 Å². The highest BCUT2D eigenvalue weighted by molar-refractivity contribution is 5.98. The van der Waals surface area contributed by atoms with Crippen LogP contribution in [0.3, 0.4) is 0 Å². The normalized spacial score (nSPS) is 19.3. The second kappa shape index (κ2) is 4.75. The summed E-state index contributed by atoms with van der Waals surface area (Å²) in [5, 5.41) is 3.33. The fourth-order valence-corrected chi connectivity index (χ4v) is 2.31. The summed E-state index contributed by atoms with van der Waals surface area (Å²) in [5.74, 6) is -0.363. The Balaban J connectivity index is 2.34. The Kier molecular flexibility index (Phi) is 3.33. The van der Waals surface area contributed by atoms with Crippen LogP contribution < -0.4 is 16.0 Å². The first kappa shape index (κ1) is 11.9. The number of carbonyl (C=O) groups excluding carboxylic acids is 1. The van der Waals surface area contributed by atoms with Gasteiger partial charge in [-0.3, -0.25) is 4.79 Å². The molecule has 0 aliphatic carbocycles. The van der Waals surface area contributed by atoms with Gasteiger partial charge in [-0.2, -0.15) is 0 Å². The van der Waals surface area contributed by atoms with Gasteiger partial charge in [-0.1, -0.05) is 6.07 Å². The van der Waals surface area contributed by atoms with Gasteiger partial charge in [-0.05, 0) is 37.6 Å². The van der Waals surface area contributed by atoms with E-state index in [0.29, 0.717) is 11.6 Å². The van der Waals surface area contributed by atoms with Crippen molar-refractivity contribution in [3.8, 4) is 0 Å². The Morgan fingerprint density at radius 3 is 2.88 bits per heavy atom. The molecule has 1 atom stereocenters. The van der Waals surface area contributed by atoms with Crippen LogP contribution >= 0.6 is 0 Å². The molecule has 3 N–H and O–H groups in total. The van der Waals surface area contributed by atoms with Crippen LogP contribution in [0.15, 0.2) is 18.2 Å². The highest BCUT2D eigenvalue weighted by atomic mass is 16.1. The summed E-state index contributed by atoms with van der Waals surface area (Å²) in [6, 6.07) is 6.20. The number of nitrogens with zero attached hydrogens (tertiary/aromatic N) is 1. The zero-order valence-electron chi connectivity index (χ0n) is 10.4. The summed E-state index contributed by atoms with van der Waals surface area (Å²) in [4.78, 5) is 13.6. The van der Waals surface area contributed by atoms with Crippen molar-refractivity contribution in [2.45, 2.75) is 19.4 Å². The summed E-state index contributed by atoms with van der Waals surface area (Å²) >= 11 is 0. The molecule has 17 heavy (non-hydrogen) atoms. The Morgan fingerprint density at radius 1 is 1.53 bits per heavy atom. The van der Waals surface area contributed by atoms with Crippen LogP contribution in [-0.2, 0) is 0 Å². The third kappa shape index (κ3) is 2.42. The monoisotopic (exact) mass is 233 g/mol. The maximum Gasteiger partial charge on any atom is 0.250 e.